The summed E-state index contributed by atoms with van der Waals surface area (Å²) < 4.78 is 2.90. The largest absolute Gasteiger partial charge is 0.270 e. The molecule has 0 radical (unpaired) electrons. The van der Waals surface area contributed by atoms with Crippen molar-refractivity contribution in [2.75, 3.05) is 53.2 Å². The molecule has 0 unspecified atom stereocenters. The summed E-state index contributed by atoms with van der Waals surface area (Å²) in [7, 11) is 14.8. The standard InChI is InChI=1S/C10H24N2S5/c1-11(2)9(16(5)6)13-15-14-10(12(3)4)17(7)8/h1-8H3. The Labute approximate surface area is 123 Å². The molecule has 0 atom stereocenters. The maximum Gasteiger partial charge on any atom is 0.0864 e. The Balaban J connectivity index is 4.42. The van der Waals surface area contributed by atoms with Gasteiger partial charge >= 0.3 is 0 Å². The Hall–Kier alpha value is 1.41. The van der Waals surface area contributed by atoms with Crippen LogP contribution in [-0.2, 0) is 0 Å². The number of rotatable bonds is 2. The van der Waals surface area contributed by atoms with Crippen molar-refractivity contribution >= 4 is 61.0 Å². The average Bonchev–Trinajstić information content (AvgIpc) is 2.14. The number of hydrogen-bond donors (Lipinski definition) is 0. The van der Waals surface area contributed by atoms with Crippen LogP contribution >= 0.6 is 52.4 Å². The van der Waals surface area contributed by atoms with E-state index >= 15 is 0 Å². The summed E-state index contributed by atoms with van der Waals surface area (Å²) in [4.78, 5) is 4.46. The highest BCUT2D eigenvalue weighted by atomic mass is 33.5. The fourth-order valence-electron chi connectivity index (χ4n) is 1.09. The second-order valence-corrected chi connectivity index (χ2v) is 12.6. The summed E-state index contributed by atoms with van der Waals surface area (Å²) in [5.41, 5.74) is 0. The zero-order valence-corrected chi connectivity index (χ0v) is 16.0. The molecule has 7 heteroatoms. The molecular weight excluding hydrogens is 308 g/mol. The van der Waals surface area contributed by atoms with E-state index in [0.29, 0.717) is 21.0 Å². The van der Waals surface area contributed by atoms with Crippen molar-refractivity contribution in [3.05, 3.63) is 0 Å². The van der Waals surface area contributed by atoms with Crippen molar-refractivity contribution in [2.24, 2.45) is 0 Å². The molecule has 0 amide bonds. The van der Waals surface area contributed by atoms with Crippen LogP contribution in [0.1, 0.15) is 0 Å². The number of hydrogen-bond acceptors (Lipinski definition) is 3. The number of nitrogens with zero attached hydrogens (tertiary/aromatic N) is 2. The van der Waals surface area contributed by atoms with E-state index < -0.39 is 0 Å². The molecule has 0 bridgehead atoms. The van der Waals surface area contributed by atoms with Gasteiger partial charge in [0.05, 0.1) is 8.64 Å². The Kier molecular flexibility index (Phi) is 10.1. The lowest BCUT2D eigenvalue weighted by Crippen LogP contribution is -2.18. The van der Waals surface area contributed by atoms with Gasteiger partial charge in [-0.1, -0.05) is 0 Å². The SMILES string of the molecule is CN(C)C(SSSC(N(C)C)=S(C)C)=S(C)C. The lowest BCUT2D eigenvalue weighted by atomic mass is 11.0. The molecule has 0 aromatic carbocycles. The van der Waals surface area contributed by atoms with Crippen LogP contribution in [0.25, 0.3) is 0 Å². The highest BCUT2D eigenvalue weighted by Crippen LogP contribution is 2.40. The fraction of sp³-hybridized carbons (Fsp3) is 0.800. The summed E-state index contributed by atoms with van der Waals surface area (Å²) in [5.74, 6) is 0. The molecule has 0 aliphatic carbocycles. The molecule has 0 rings (SSSR count). The summed E-state index contributed by atoms with van der Waals surface area (Å²) >= 11 is 0. The Morgan fingerprint density at radius 2 is 1.00 bits per heavy atom. The maximum absolute atomic E-state index is 2.27. The molecule has 17 heavy (non-hydrogen) atoms. The van der Waals surface area contributed by atoms with Crippen molar-refractivity contribution in [2.45, 2.75) is 0 Å². The highest BCUT2D eigenvalue weighted by Gasteiger charge is 2.08. The van der Waals surface area contributed by atoms with Gasteiger partial charge in [0.25, 0.3) is 0 Å². The molecule has 0 aliphatic rings. The smallest absolute Gasteiger partial charge is 0.0864 e. The van der Waals surface area contributed by atoms with Crippen molar-refractivity contribution in [3.63, 3.8) is 0 Å². The van der Waals surface area contributed by atoms with Crippen molar-refractivity contribution in [3.8, 4) is 0 Å². The second kappa shape index (κ2) is 9.34. The predicted octanol–water partition coefficient (Wildman–Crippen LogP) is 3.37. The lowest BCUT2D eigenvalue weighted by Gasteiger charge is -2.18. The van der Waals surface area contributed by atoms with E-state index in [2.05, 4.69) is 63.0 Å². The zero-order chi connectivity index (χ0) is 13.6. The Bertz CT molecular complexity index is 272. The van der Waals surface area contributed by atoms with E-state index in [1.54, 1.807) is 0 Å². The third kappa shape index (κ3) is 7.54. The van der Waals surface area contributed by atoms with Crippen LogP contribution < -0.4 is 0 Å². The van der Waals surface area contributed by atoms with Crippen LogP contribution in [0.15, 0.2) is 0 Å². The van der Waals surface area contributed by atoms with E-state index in [4.69, 9.17) is 0 Å². The monoisotopic (exact) mass is 332 g/mol. The predicted molar refractivity (Wildman–Crippen MR) is 99.0 cm³/mol. The molecule has 0 fully saturated rings. The molecule has 0 aromatic heterocycles. The van der Waals surface area contributed by atoms with E-state index in [0.717, 1.165) is 0 Å². The Morgan fingerprint density at radius 1 is 0.706 bits per heavy atom. The molecular formula is C10H24N2S5. The third-order valence-corrected chi connectivity index (χ3v) is 10.6. The lowest BCUT2D eigenvalue weighted by molar-refractivity contribution is 0.648. The van der Waals surface area contributed by atoms with Crippen LogP contribution in [0, 0.1) is 0 Å². The van der Waals surface area contributed by atoms with Gasteiger partial charge < -0.3 is 0 Å². The molecule has 0 spiro atoms. The zero-order valence-electron chi connectivity index (χ0n) is 11.9. The van der Waals surface area contributed by atoms with E-state index in [1.807, 2.05) is 31.4 Å². The van der Waals surface area contributed by atoms with Gasteiger partial charge in [-0.05, 0) is 84.6 Å². The summed E-state index contributed by atoms with van der Waals surface area (Å²) in [6.07, 6.45) is 9.09. The normalized spacial score (nSPS) is 12.0. The molecule has 0 heterocycles. The van der Waals surface area contributed by atoms with Gasteiger partial charge in [-0.15, -0.1) is 0 Å². The first-order valence-electron chi connectivity index (χ1n) is 5.02. The molecule has 2 nitrogen and oxygen atoms in total. The first kappa shape index (κ1) is 18.4. The van der Waals surface area contributed by atoms with Crippen LogP contribution in [0.2, 0.25) is 0 Å². The van der Waals surface area contributed by atoms with E-state index in [9.17, 15) is 0 Å². The average molecular weight is 333 g/mol. The molecule has 104 valence electrons. The minimum Gasteiger partial charge on any atom is -0.270 e. The summed E-state index contributed by atoms with van der Waals surface area (Å²) in [6, 6.07) is 0. The van der Waals surface area contributed by atoms with Gasteiger partial charge in [-0.25, -0.2) is 0 Å². The maximum atomic E-state index is 2.27. The van der Waals surface area contributed by atoms with Crippen LogP contribution in [0.4, 0.5) is 0 Å². The van der Waals surface area contributed by atoms with Gasteiger partial charge in [0, 0.05) is 0 Å². The summed E-state index contributed by atoms with van der Waals surface area (Å²) in [6.45, 7) is 0. The van der Waals surface area contributed by atoms with Gasteiger partial charge in [0.15, 0.2) is 0 Å². The summed E-state index contributed by atoms with van der Waals surface area (Å²) in [5, 5.41) is 0. The van der Waals surface area contributed by atoms with Crippen molar-refractivity contribution in [1.29, 1.82) is 0 Å². The minimum atomic E-state index is 0.331. The minimum absolute atomic E-state index is 0.331. The fourth-order valence-corrected chi connectivity index (χ4v) is 10.7. The van der Waals surface area contributed by atoms with Crippen LogP contribution in [0.5, 0.6) is 0 Å². The molecule has 0 N–H and O–H groups in total. The molecule has 0 aliphatic heterocycles. The Morgan fingerprint density at radius 3 is 1.18 bits per heavy atom. The van der Waals surface area contributed by atoms with Crippen LogP contribution in [-0.4, -0.2) is 71.7 Å². The third-order valence-electron chi connectivity index (χ3n) is 1.64. The topological polar surface area (TPSA) is 6.48 Å². The molecule has 0 aromatic rings. The van der Waals surface area contributed by atoms with Crippen molar-refractivity contribution in [1.82, 2.24) is 9.80 Å². The van der Waals surface area contributed by atoms with E-state index in [-0.39, 0.29) is 0 Å². The van der Waals surface area contributed by atoms with Crippen molar-refractivity contribution < 1.29 is 0 Å². The van der Waals surface area contributed by atoms with Crippen LogP contribution in [0.3, 0.4) is 0 Å². The first-order chi connectivity index (χ1) is 7.77. The van der Waals surface area contributed by atoms with Gasteiger partial charge in [0.2, 0.25) is 0 Å². The van der Waals surface area contributed by atoms with Gasteiger partial charge in [-0.2, -0.15) is 21.0 Å². The second-order valence-electron chi connectivity index (χ2n) is 4.19. The quantitative estimate of drug-likeness (QED) is 0.563. The molecule has 0 saturated carbocycles. The van der Waals surface area contributed by atoms with E-state index in [1.165, 1.54) is 8.64 Å². The first-order valence-corrected chi connectivity index (χ1v) is 12.6. The van der Waals surface area contributed by atoms with Gasteiger partial charge in [-0.3, -0.25) is 9.80 Å². The molecule has 0 saturated heterocycles. The highest BCUT2D eigenvalue weighted by molar-refractivity contribution is 9.15. The van der Waals surface area contributed by atoms with Gasteiger partial charge in [0.1, 0.15) is 0 Å².